The molecule has 4 heterocycles. The number of benzene rings is 1. The van der Waals surface area contributed by atoms with Crippen molar-refractivity contribution < 1.29 is 9.53 Å². The van der Waals surface area contributed by atoms with E-state index in [-0.39, 0.29) is 11.4 Å². The maximum absolute atomic E-state index is 12.7. The predicted octanol–water partition coefficient (Wildman–Crippen LogP) is 3.86. The van der Waals surface area contributed by atoms with Gasteiger partial charge in [0.15, 0.2) is 5.78 Å². The number of hydrogen-bond donors (Lipinski definition) is 0. The lowest BCUT2D eigenvalue weighted by Crippen LogP contribution is -2.42. The SMILES string of the molecule is O=C1CC2(CCCN(Cc3cnc(N4CCCCC4)nc3)CC2)Oc2ccccc21. The maximum Gasteiger partial charge on any atom is 0.225 e. The summed E-state index contributed by atoms with van der Waals surface area (Å²) in [5.41, 5.74) is 1.53. The van der Waals surface area contributed by atoms with E-state index < -0.39 is 0 Å². The van der Waals surface area contributed by atoms with Gasteiger partial charge in [-0.25, -0.2) is 9.97 Å². The van der Waals surface area contributed by atoms with Crippen molar-refractivity contribution in [3.8, 4) is 5.75 Å². The summed E-state index contributed by atoms with van der Waals surface area (Å²) in [4.78, 5) is 26.7. The Bertz CT molecular complexity index is 894. The summed E-state index contributed by atoms with van der Waals surface area (Å²) in [6.07, 6.45) is 11.1. The van der Waals surface area contributed by atoms with Crippen molar-refractivity contribution in [2.45, 2.75) is 57.1 Å². The van der Waals surface area contributed by atoms with Gasteiger partial charge in [0, 0.05) is 50.6 Å². The van der Waals surface area contributed by atoms with Crippen LogP contribution in [-0.4, -0.2) is 52.4 Å². The van der Waals surface area contributed by atoms with Gasteiger partial charge in [0.25, 0.3) is 0 Å². The number of nitrogens with zero attached hydrogens (tertiary/aromatic N) is 4. The smallest absolute Gasteiger partial charge is 0.225 e. The number of Topliss-reactive ketones (excluding diaryl/α,β-unsaturated/α-hetero) is 1. The highest BCUT2D eigenvalue weighted by Gasteiger charge is 2.41. The average Bonchev–Trinajstić information content (AvgIpc) is 2.97. The zero-order valence-electron chi connectivity index (χ0n) is 17.6. The van der Waals surface area contributed by atoms with Crippen LogP contribution in [0.3, 0.4) is 0 Å². The van der Waals surface area contributed by atoms with Gasteiger partial charge in [-0.2, -0.15) is 0 Å². The fourth-order valence-electron chi connectivity index (χ4n) is 5.05. The molecule has 0 aliphatic carbocycles. The second kappa shape index (κ2) is 8.34. The third kappa shape index (κ3) is 4.06. The highest BCUT2D eigenvalue weighted by Crippen LogP contribution is 2.39. The Morgan fingerprint density at radius 1 is 0.933 bits per heavy atom. The summed E-state index contributed by atoms with van der Waals surface area (Å²) < 4.78 is 6.41. The molecule has 0 N–H and O–H groups in total. The molecule has 2 aromatic rings. The number of hydrogen-bond acceptors (Lipinski definition) is 6. The molecule has 6 nitrogen and oxygen atoms in total. The molecule has 1 unspecified atom stereocenters. The molecule has 0 amide bonds. The molecule has 2 fully saturated rings. The number of anilines is 1. The minimum Gasteiger partial charge on any atom is -0.486 e. The van der Waals surface area contributed by atoms with Gasteiger partial charge in [0.2, 0.25) is 5.95 Å². The minimum atomic E-state index is -0.352. The number of carbonyl (C=O) groups excluding carboxylic acids is 1. The molecule has 1 spiro atoms. The summed E-state index contributed by atoms with van der Waals surface area (Å²) in [5.74, 6) is 1.83. The number of fused-ring (bicyclic) bond motifs is 1. The van der Waals surface area contributed by atoms with Crippen LogP contribution >= 0.6 is 0 Å². The second-order valence-corrected chi connectivity index (χ2v) is 8.95. The molecular weight excluding hydrogens is 376 g/mol. The number of carbonyl (C=O) groups is 1. The van der Waals surface area contributed by atoms with Crippen molar-refractivity contribution >= 4 is 11.7 Å². The summed E-state index contributed by atoms with van der Waals surface area (Å²) in [5, 5.41) is 0. The lowest BCUT2D eigenvalue weighted by Gasteiger charge is -2.37. The molecule has 158 valence electrons. The first-order valence-corrected chi connectivity index (χ1v) is 11.3. The van der Waals surface area contributed by atoms with Gasteiger partial charge in [0.1, 0.15) is 11.4 Å². The van der Waals surface area contributed by atoms with Crippen LogP contribution in [0.5, 0.6) is 5.75 Å². The highest BCUT2D eigenvalue weighted by atomic mass is 16.5. The van der Waals surface area contributed by atoms with E-state index in [1.165, 1.54) is 19.3 Å². The Morgan fingerprint density at radius 3 is 2.57 bits per heavy atom. The third-order valence-electron chi connectivity index (χ3n) is 6.72. The monoisotopic (exact) mass is 406 g/mol. The largest absolute Gasteiger partial charge is 0.486 e. The van der Waals surface area contributed by atoms with Crippen molar-refractivity contribution in [2.75, 3.05) is 31.1 Å². The Morgan fingerprint density at radius 2 is 1.73 bits per heavy atom. The summed E-state index contributed by atoms with van der Waals surface area (Å²) in [6.45, 7) is 4.91. The maximum atomic E-state index is 12.7. The fourth-order valence-corrected chi connectivity index (χ4v) is 5.05. The summed E-state index contributed by atoms with van der Waals surface area (Å²) in [7, 11) is 0. The van der Waals surface area contributed by atoms with Gasteiger partial charge in [-0.15, -0.1) is 0 Å². The van der Waals surface area contributed by atoms with Crippen LogP contribution in [0.2, 0.25) is 0 Å². The average molecular weight is 407 g/mol. The number of aromatic nitrogens is 2. The zero-order chi connectivity index (χ0) is 20.4. The molecule has 2 saturated heterocycles. The molecule has 30 heavy (non-hydrogen) atoms. The van der Waals surface area contributed by atoms with Crippen LogP contribution in [0.1, 0.15) is 60.9 Å². The minimum absolute atomic E-state index is 0.215. The molecule has 5 rings (SSSR count). The van der Waals surface area contributed by atoms with E-state index in [0.717, 1.165) is 74.8 Å². The number of ether oxygens (including phenoxy) is 1. The number of para-hydroxylation sites is 1. The topological polar surface area (TPSA) is 58.6 Å². The first kappa shape index (κ1) is 19.5. The molecular formula is C24H30N4O2. The quantitative estimate of drug-likeness (QED) is 0.772. The van der Waals surface area contributed by atoms with Crippen LogP contribution in [0.25, 0.3) is 0 Å². The van der Waals surface area contributed by atoms with Gasteiger partial charge < -0.3 is 9.64 Å². The normalized spacial score (nSPS) is 24.9. The van der Waals surface area contributed by atoms with Crippen LogP contribution in [-0.2, 0) is 6.54 Å². The fraction of sp³-hybridized carbons (Fsp3) is 0.542. The third-order valence-corrected chi connectivity index (χ3v) is 6.72. The Hall–Kier alpha value is -2.47. The molecule has 1 atom stereocenters. The Balaban J connectivity index is 1.22. The van der Waals surface area contributed by atoms with E-state index in [2.05, 4.69) is 19.8 Å². The van der Waals surface area contributed by atoms with E-state index in [1.54, 1.807) is 0 Å². The van der Waals surface area contributed by atoms with Crippen LogP contribution in [0, 0.1) is 0 Å². The Kier molecular flexibility index (Phi) is 5.42. The van der Waals surface area contributed by atoms with Gasteiger partial charge >= 0.3 is 0 Å². The first-order chi connectivity index (χ1) is 14.7. The van der Waals surface area contributed by atoms with E-state index in [4.69, 9.17) is 4.74 Å². The molecule has 0 radical (unpaired) electrons. The first-order valence-electron chi connectivity index (χ1n) is 11.3. The number of likely N-dealkylation sites (tertiary alicyclic amines) is 1. The van der Waals surface area contributed by atoms with Gasteiger partial charge in [0.05, 0.1) is 12.0 Å². The van der Waals surface area contributed by atoms with E-state index in [1.807, 2.05) is 36.7 Å². The molecule has 3 aliphatic rings. The van der Waals surface area contributed by atoms with Crippen molar-refractivity contribution in [1.29, 1.82) is 0 Å². The number of piperidine rings is 1. The lowest BCUT2D eigenvalue weighted by molar-refractivity contribution is 0.0299. The summed E-state index contributed by atoms with van der Waals surface area (Å²) >= 11 is 0. The molecule has 3 aliphatic heterocycles. The van der Waals surface area contributed by atoms with Crippen molar-refractivity contribution in [3.63, 3.8) is 0 Å². The lowest BCUT2D eigenvalue weighted by atomic mass is 9.84. The number of rotatable bonds is 3. The predicted molar refractivity (Wildman–Crippen MR) is 116 cm³/mol. The van der Waals surface area contributed by atoms with Gasteiger partial charge in [-0.3, -0.25) is 9.69 Å². The highest BCUT2D eigenvalue weighted by molar-refractivity contribution is 6.00. The number of ketones is 1. The molecule has 0 saturated carbocycles. The second-order valence-electron chi connectivity index (χ2n) is 8.95. The van der Waals surface area contributed by atoms with Crippen molar-refractivity contribution in [3.05, 3.63) is 47.8 Å². The van der Waals surface area contributed by atoms with Crippen molar-refractivity contribution in [2.24, 2.45) is 0 Å². The molecule has 0 bridgehead atoms. The van der Waals surface area contributed by atoms with Gasteiger partial charge in [-0.05, 0) is 50.8 Å². The van der Waals surface area contributed by atoms with Crippen LogP contribution in [0.15, 0.2) is 36.7 Å². The Labute approximate surface area is 178 Å². The molecule has 1 aromatic heterocycles. The summed E-state index contributed by atoms with van der Waals surface area (Å²) in [6, 6.07) is 7.66. The van der Waals surface area contributed by atoms with Crippen LogP contribution < -0.4 is 9.64 Å². The van der Waals surface area contributed by atoms with E-state index in [9.17, 15) is 4.79 Å². The van der Waals surface area contributed by atoms with E-state index >= 15 is 0 Å². The molecule has 1 aromatic carbocycles. The van der Waals surface area contributed by atoms with Gasteiger partial charge in [-0.1, -0.05) is 12.1 Å². The van der Waals surface area contributed by atoms with Crippen molar-refractivity contribution in [1.82, 2.24) is 14.9 Å². The zero-order valence-corrected chi connectivity index (χ0v) is 17.6. The molecule has 6 heteroatoms. The van der Waals surface area contributed by atoms with Crippen LogP contribution in [0.4, 0.5) is 5.95 Å². The standard InChI is InChI=1S/C24H30N4O2/c29-21-15-24(30-22-8-3-2-7-20(21)22)9-6-11-27(14-10-24)18-19-16-25-23(26-17-19)28-12-4-1-5-13-28/h2-3,7-8,16-17H,1,4-6,9-15,18H2. The van der Waals surface area contributed by atoms with E-state index in [0.29, 0.717) is 6.42 Å².